The number of benzene rings is 3. The van der Waals surface area contributed by atoms with E-state index in [4.69, 9.17) is 9.47 Å². The van der Waals surface area contributed by atoms with E-state index in [0.29, 0.717) is 35.6 Å². The average molecular weight is 539 g/mol. The van der Waals surface area contributed by atoms with Crippen LogP contribution in [0.15, 0.2) is 59.6 Å². The van der Waals surface area contributed by atoms with Crippen molar-refractivity contribution in [2.24, 2.45) is 0 Å². The molecular formula is C29H31FN2O5S. The highest BCUT2D eigenvalue weighted by atomic mass is 32.2. The monoisotopic (exact) mass is 538 g/mol. The zero-order valence-corrected chi connectivity index (χ0v) is 22.8. The fourth-order valence-electron chi connectivity index (χ4n) is 4.47. The topological polar surface area (TPSA) is 97.5 Å². The molecule has 0 amide bonds. The lowest BCUT2D eigenvalue weighted by Crippen LogP contribution is -2.22. The first-order valence-corrected chi connectivity index (χ1v) is 14.1. The van der Waals surface area contributed by atoms with Crippen molar-refractivity contribution >= 4 is 32.2 Å². The predicted octanol–water partition coefficient (Wildman–Crippen LogP) is 6.16. The van der Waals surface area contributed by atoms with E-state index in [1.165, 1.54) is 37.4 Å². The van der Waals surface area contributed by atoms with Crippen LogP contribution in [0, 0.1) is 19.7 Å². The molecule has 0 saturated carbocycles. The second kappa shape index (κ2) is 10.9. The summed E-state index contributed by atoms with van der Waals surface area (Å²) in [4.78, 5) is 17.4. The molecule has 38 heavy (non-hydrogen) atoms. The van der Waals surface area contributed by atoms with E-state index in [1.54, 1.807) is 12.3 Å². The van der Waals surface area contributed by atoms with Gasteiger partial charge in [0.2, 0.25) is 0 Å². The molecule has 1 heterocycles. The smallest absolute Gasteiger partial charge is 0.191 e. The van der Waals surface area contributed by atoms with Gasteiger partial charge in [0.25, 0.3) is 0 Å². The SMILES string of the molecule is CCCOc1cc(F)ccc1C(Nc1cc(OC)cc(S(C)(=O)=O)c1)C(=O)c1c[nH]c2c(C)cc(C)cc12. The number of nitrogens with one attached hydrogen (secondary N) is 2. The van der Waals surface area contributed by atoms with Crippen molar-refractivity contribution in [1.82, 2.24) is 4.98 Å². The maximum Gasteiger partial charge on any atom is 0.191 e. The number of halogens is 1. The molecule has 0 aliphatic rings. The first-order chi connectivity index (χ1) is 18.0. The highest BCUT2D eigenvalue weighted by Gasteiger charge is 2.28. The third-order valence-corrected chi connectivity index (χ3v) is 7.35. The van der Waals surface area contributed by atoms with E-state index in [-0.39, 0.29) is 16.4 Å². The van der Waals surface area contributed by atoms with Gasteiger partial charge in [0, 0.05) is 52.3 Å². The Morgan fingerprint density at radius 1 is 1.11 bits per heavy atom. The van der Waals surface area contributed by atoms with Crippen molar-refractivity contribution in [1.29, 1.82) is 0 Å². The molecule has 1 atom stereocenters. The molecule has 0 fully saturated rings. The summed E-state index contributed by atoms with van der Waals surface area (Å²) < 4.78 is 50.1. The number of rotatable bonds is 10. The van der Waals surface area contributed by atoms with Crippen LogP contribution in [-0.4, -0.2) is 39.2 Å². The number of H-pyrrole nitrogens is 1. The minimum absolute atomic E-state index is 0.0328. The van der Waals surface area contributed by atoms with Gasteiger partial charge in [-0.05, 0) is 56.2 Å². The summed E-state index contributed by atoms with van der Waals surface area (Å²) in [7, 11) is -2.14. The number of Topliss-reactive ketones (excluding diaryl/α,β-unsaturated/α-hetero) is 1. The molecular weight excluding hydrogens is 507 g/mol. The molecule has 4 aromatic rings. The van der Waals surface area contributed by atoms with Gasteiger partial charge in [0.1, 0.15) is 23.4 Å². The molecule has 0 spiro atoms. The quantitative estimate of drug-likeness (QED) is 0.235. The molecule has 3 aromatic carbocycles. The van der Waals surface area contributed by atoms with E-state index >= 15 is 0 Å². The van der Waals surface area contributed by atoms with E-state index in [9.17, 15) is 17.6 Å². The summed E-state index contributed by atoms with van der Waals surface area (Å²) in [6, 6.07) is 11.4. The van der Waals surface area contributed by atoms with Crippen LogP contribution in [0.25, 0.3) is 10.9 Å². The summed E-state index contributed by atoms with van der Waals surface area (Å²) in [6.07, 6.45) is 3.45. The first kappa shape index (κ1) is 27.2. The van der Waals surface area contributed by atoms with Crippen LogP contribution in [0.5, 0.6) is 11.5 Å². The summed E-state index contributed by atoms with van der Waals surface area (Å²) in [6.45, 7) is 6.19. The Kier molecular flexibility index (Phi) is 7.78. The van der Waals surface area contributed by atoms with Crippen molar-refractivity contribution in [2.45, 2.75) is 38.1 Å². The van der Waals surface area contributed by atoms with Gasteiger partial charge in [-0.3, -0.25) is 4.79 Å². The van der Waals surface area contributed by atoms with E-state index < -0.39 is 21.7 Å². The predicted molar refractivity (Wildman–Crippen MR) is 147 cm³/mol. The lowest BCUT2D eigenvalue weighted by molar-refractivity contribution is 0.0969. The van der Waals surface area contributed by atoms with Crippen LogP contribution in [0.4, 0.5) is 10.1 Å². The van der Waals surface area contributed by atoms with Gasteiger partial charge in [0.15, 0.2) is 15.6 Å². The van der Waals surface area contributed by atoms with Crippen LogP contribution < -0.4 is 14.8 Å². The molecule has 2 N–H and O–H groups in total. The van der Waals surface area contributed by atoms with Crippen LogP contribution in [0.3, 0.4) is 0 Å². The number of ketones is 1. The van der Waals surface area contributed by atoms with Crippen molar-refractivity contribution in [3.05, 3.63) is 82.8 Å². The number of hydrogen-bond donors (Lipinski definition) is 2. The fraction of sp³-hybridized carbons (Fsp3) is 0.276. The largest absolute Gasteiger partial charge is 0.497 e. The first-order valence-electron chi connectivity index (χ1n) is 12.2. The molecule has 4 rings (SSSR count). The van der Waals surface area contributed by atoms with Gasteiger partial charge >= 0.3 is 0 Å². The molecule has 0 bridgehead atoms. The van der Waals surface area contributed by atoms with E-state index in [0.717, 1.165) is 28.3 Å². The molecule has 1 unspecified atom stereocenters. The third-order valence-electron chi connectivity index (χ3n) is 6.26. The number of fused-ring (bicyclic) bond motifs is 1. The van der Waals surface area contributed by atoms with Crippen LogP contribution in [0.1, 0.15) is 46.4 Å². The van der Waals surface area contributed by atoms with Crippen LogP contribution in [-0.2, 0) is 9.84 Å². The number of carbonyl (C=O) groups is 1. The maximum atomic E-state index is 14.2. The number of aromatic amines is 1. The van der Waals surface area contributed by atoms with E-state index in [2.05, 4.69) is 10.3 Å². The molecule has 7 nitrogen and oxygen atoms in total. The zero-order chi connectivity index (χ0) is 27.6. The Balaban J connectivity index is 1.90. The van der Waals surface area contributed by atoms with Gasteiger partial charge in [-0.2, -0.15) is 0 Å². The fourth-order valence-corrected chi connectivity index (χ4v) is 5.15. The molecule has 200 valence electrons. The Morgan fingerprint density at radius 3 is 2.55 bits per heavy atom. The van der Waals surface area contributed by atoms with Gasteiger partial charge in [0.05, 0.1) is 18.6 Å². The normalized spacial score (nSPS) is 12.4. The van der Waals surface area contributed by atoms with Gasteiger partial charge in [-0.1, -0.05) is 18.6 Å². The van der Waals surface area contributed by atoms with Crippen LogP contribution >= 0.6 is 0 Å². The Morgan fingerprint density at radius 2 is 1.87 bits per heavy atom. The van der Waals surface area contributed by atoms with Gasteiger partial charge in [-0.15, -0.1) is 0 Å². The second-order valence-corrected chi connectivity index (χ2v) is 11.4. The van der Waals surface area contributed by atoms with Crippen molar-refractivity contribution in [3.63, 3.8) is 0 Å². The van der Waals surface area contributed by atoms with Crippen molar-refractivity contribution < 1.29 is 27.1 Å². The minimum Gasteiger partial charge on any atom is -0.497 e. The Labute approximate surface area is 221 Å². The number of anilines is 1. The summed E-state index contributed by atoms with van der Waals surface area (Å²) in [5.41, 5.74) is 4.07. The number of aryl methyl sites for hydroxylation is 2. The Bertz CT molecular complexity index is 1610. The van der Waals surface area contributed by atoms with Crippen molar-refractivity contribution in [3.8, 4) is 11.5 Å². The number of carbonyl (C=O) groups excluding carboxylic acids is 1. The lowest BCUT2D eigenvalue weighted by Gasteiger charge is -2.23. The average Bonchev–Trinajstić information content (AvgIpc) is 3.29. The summed E-state index contributed by atoms with van der Waals surface area (Å²) in [5, 5.41) is 3.95. The molecule has 0 radical (unpaired) electrons. The summed E-state index contributed by atoms with van der Waals surface area (Å²) >= 11 is 0. The standard InChI is InChI=1S/C29H31FN2O5S/c1-6-9-37-26-12-19(30)7-8-23(26)28(32-20-13-21(36-4)15-22(14-20)38(5,34)35)29(33)25-16-31-27-18(3)10-17(2)11-24(25)27/h7-8,10-16,28,31-32H,6,9H2,1-5H3. The third kappa shape index (κ3) is 5.67. The highest BCUT2D eigenvalue weighted by molar-refractivity contribution is 7.90. The zero-order valence-electron chi connectivity index (χ0n) is 22.0. The Hall–Kier alpha value is -3.85. The molecule has 0 aliphatic heterocycles. The molecule has 0 saturated heterocycles. The summed E-state index contributed by atoms with van der Waals surface area (Å²) in [5.74, 6) is -0.249. The number of sulfone groups is 1. The number of aromatic nitrogens is 1. The minimum atomic E-state index is -3.57. The van der Waals surface area contributed by atoms with Gasteiger partial charge in [-0.25, -0.2) is 12.8 Å². The molecule has 1 aromatic heterocycles. The van der Waals surface area contributed by atoms with Crippen LogP contribution in [0.2, 0.25) is 0 Å². The lowest BCUT2D eigenvalue weighted by atomic mass is 9.94. The van der Waals surface area contributed by atoms with E-state index in [1.807, 2.05) is 32.9 Å². The number of ether oxygens (including phenoxy) is 2. The molecule has 0 aliphatic carbocycles. The second-order valence-electron chi connectivity index (χ2n) is 9.35. The maximum absolute atomic E-state index is 14.2. The molecule has 9 heteroatoms. The number of hydrogen-bond acceptors (Lipinski definition) is 6. The highest BCUT2D eigenvalue weighted by Crippen LogP contribution is 2.35. The van der Waals surface area contributed by atoms with Gasteiger partial charge < -0.3 is 19.8 Å². The van der Waals surface area contributed by atoms with Crippen molar-refractivity contribution in [2.75, 3.05) is 25.3 Å². The number of methoxy groups -OCH3 is 1.